The van der Waals surface area contributed by atoms with Crippen LogP contribution in [0.25, 0.3) is 11.2 Å². The summed E-state index contributed by atoms with van der Waals surface area (Å²) in [5.41, 5.74) is 1.80. The Labute approximate surface area is 143 Å². The SMILES string of the molecule is Cn1c(=O)n([C@H]2CCCN(C(=O)c3ccncc3)C2)c2ncncc21. The average Bonchev–Trinajstić information content (AvgIpc) is 2.93. The van der Waals surface area contributed by atoms with Gasteiger partial charge in [-0.25, -0.2) is 14.8 Å². The number of fused-ring (bicyclic) bond motifs is 1. The average molecular weight is 338 g/mol. The van der Waals surface area contributed by atoms with E-state index < -0.39 is 0 Å². The smallest absolute Gasteiger partial charge is 0.330 e. The van der Waals surface area contributed by atoms with E-state index in [1.807, 2.05) is 0 Å². The molecule has 0 bridgehead atoms. The van der Waals surface area contributed by atoms with Gasteiger partial charge in [-0.2, -0.15) is 0 Å². The van der Waals surface area contributed by atoms with Gasteiger partial charge < -0.3 is 4.90 Å². The van der Waals surface area contributed by atoms with Crippen LogP contribution in [0.4, 0.5) is 0 Å². The number of likely N-dealkylation sites (tertiary alicyclic amines) is 1. The zero-order chi connectivity index (χ0) is 17.4. The van der Waals surface area contributed by atoms with E-state index >= 15 is 0 Å². The van der Waals surface area contributed by atoms with E-state index in [1.54, 1.807) is 51.8 Å². The summed E-state index contributed by atoms with van der Waals surface area (Å²) in [6.45, 7) is 1.18. The Balaban J connectivity index is 1.68. The quantitative estimate of drug-likeness (QED) is 0.696. The third kappa shape index (κ3) is 2.59. The lowest BCUT2D eigenvalue weighted by molar-refractivity contribution is 0.0679. The van der Waals surface area contributed by atoms with Crippen LogP contribution in [0.5, 0.6) is 0 Å². The Morgan fingerprint density at radius 2 is 2.04 bits per heavy atom. The van der Waals surface area contributed by atoms with Crippen molar-refractivity contribution < 1.29 is 4.79 Å². The standard InChI is InChI=1S/C17H18N6O2/c1-21-14-9-19-11-20-15(14)23(17(21)25)13-3-2-8-22(10-13)16(24)12-4-6-18-7-5-12/h4-7,9,11,13H,2-3,8,10H2,1H3/t13-/m0/s1. The molecule has 0 saturated carbocycles. The largest absolute Gasteiger partial charge is 0.337 e. The fourth-order valence-electron chi connectivity index (χ4n) is 3.45. The molecule has 0 N–H and O–H groups in total. The lowest BCUT2D eigenvalue weighted by Crippen LogP contribution is -2.43. The molecule has 25 heavy (non-hydrogen) atoms. The van der Waals surface area contributed by atoms with Crippen molar-refractivity contribution in [3.8, 4) is 0 Å². The zero-order valence-electron chi connectivity index (χ0n) is 13.9. The fourth-order valence-corrected chi connectivity index (χ4v) is 3.45. The van der Waals surface area contributed by atoms with E-state index in [0.717, 1.165) is 12.8 Å². The van der Waals surface area contributed by atoms with Crippen molar-refractivity contribution in [1.82, 2.24) is 29.0 Å². The van der Waals surface area contributed by atoms with Gasteiger partial charge in [0, 0.05) is 38.1 Å². The summed E-state index contributed by atoms with van der Waals surface area (Å²) < 4.78 is 3.25. The van der Waals surface area contributed by atoms with E-state index in [9.17, 15) is 9.59 Å². The Kier molecular flexibility index (Phi) is 3.79. The minimum absolute atomic E-state index is 0.0324. The number of nitrogens with zero attached hydrogens (tertiary/aromatic N) is 6. The van der Waals surface area contributed by atoms with Crippen LogP contribution >= 0.6 is 0 Å². The van der Waals surface area contributed by atoms with Crippen LogP contribution in [-0.4, -0.2) is 48.0 Å². The molecule has 3 aromatic rings. The van der Waals surface area contributed by atoms with Crippen LogP contribution in [0, 0.1) is 0 Å². The maximum atomic E-state index is 12.7. The topological polar surface area (TPSA) is 85.9 Å². The number of pyridine rings is 1. The molecule has 1 atom stereocenters. The summed E-state index contributed by atoms with van der Waals surface area (Å²) >= 11 is 0. The molecular formula is C17H18N6O2. The third-order valence-electron chi connectivity index (χ3n) is 4.73. The number of aryl methyl sites for hydroxylation is 1. The highest BCUT2D eigenvalue weighted by Gasteiger charge is 2.28. The van der Waals surface area contributed by atoms with Crippen LogP contribution < -0.4 is 5.69 Å². The normalized spacial score (nSPS) is 17.8. The highest BCUT2D eigenvalue weighted by atomic mass is 16.2. The highest BCUT2D eigenvalue weighted by Crippen LogP contribution is 2.24. The van der Waals surface area contributed by atoms with Gasteiger partial charge in [0.2, 0.25) is 0 Å². The van der Waals surface area contributed by atoms with Gasteiger partial charge in [-0.05, 0) is 25.0 Å². The molecule has 3 aromatic heterocycles. The molecule has 1 aliphatic rings. The summed E-state index contributed by atoms with van der Waals surface area (Å²) in [6.07, 6.45) is 7.99. The van der Waals surface area contributed by atoms with Gasteiger partial charge in [-0.15, -0.1) is 0 Å². The van der Waals surface area contributed by atoms with Crippen molar-refractivity contribution >= 4 is 17.1 Å². The molecule has 1 fully saturated rings. The summed E-state index contributed by atoms with van der Waals surface area (Å²) in [6, 6.07) is 3.33. The summed E-state index contributed by atoms with van der Waals surface area (Å²) in [4.78, 5) is 39.4. The number of carbonyl (C=O) groups excluding carboxylic acids is 1. The van der Waals surface area contributed by atoms with E-state index in [0.29, 0.717) is 29.8 Å². The van der Waals surface area contributed by atoms with Gasteiger partial charge in [0.05, 0.1) is 12.2 Å². The van der Waals surface area contributed by atoms with Gasteiger partial charge in [0.25, 0.3) is 5.91 Å². The molecule has 0 aliphatic carbocycles. The first-order chi connectivity index (χ1) is 12.2. The summed E-state index contributed by atoms with van der Waals surface area (Å²) in [5, 5.41) is 0. The van der Waals surface area contributed by atoms with Gasteiger partial charge in [0.1, 0.15) is 11.8 Å². The first-order valence-corrected chi connectivity index (χ1v) is 8.23. The number of rotatable bonds is 2. The van der Waals surface area contributed by atoms with Crippen LogP contribution in [-0.2, 0) is 7.05 Å². The lowest BCUT2D eigenvalue weighted by atomic mass is 10.0. The first kappa shape index (κ1) is 15.5. The molecule has 0 radical (unpaired) electrons. The van der Waals surface area contributed by atoms with Crippen LogP contribution in [0.2, 0.25) is 0 Å². The third-order valence-corrected chi connectivity index (χ3v) is 4.73. The zero-order valence-corrected chi connectivity index (χ0v) is 13.9. The Hall–Kier alpha value is -3.03. The first-order valence-electron chi connectivity index (χ1n) is 8.23. The molecule has 128 valence electrons. The Morgan fingerprint density at radius 3 is 2.84 bits per heavy atom. The molecular weight excluding hydrogens is 320 g/mol. The molecule has 8 nitrogen and oxygen atoms in total. The number of carbonyl (C=O) groups is 1. The molecule has 0 unspecified atom stereocenters. The van der Waals surface area contributed by atoms with Crippen molar-refractivity contribution in [1.29, 1.82) is 0 Å². The monoisotopic (exact) mass is 338 g/mol. The van der Waals surface area contributed by atoms with E-state index in [2.05, 4.69) is 15.0 Å². The molecule has 4 rings (SSSR count). The molecule has 0 spiro atoms. The van der Waals surface area contributed by atoms with E-state index in [4.69, 9.17) is 0 Å². The van der Waals surface area contributed by atoms with Gasteiger partial charge in [-0.1, -0.05) is 0 Å². The van der Waals surface area contributed by atoms with Gasteiger partial charge in [-0.3, -0.25) is 18.9 Å². The Morgan fingerprint density at radius 1 is 1.24 bits per heavy atom. The highest BCUT2D eigenvalue weighted by molar-refractivity contribution is 5.94. The van der Waals surface area contributed by atoms with Crippen LogP contribution in [0.3, 0.4) is 0 Å². The van der Waals surface area contributed by atoms with Gasteiger partial charge in [0.15, 0.2) is 5.65 Å². The number of piperidine rings is 1. The lowest BCUT2D eigenvalue weighted by Gasteiger charge is -2.33. The number of amides is 1. The molecule has 1 saturated heterocycles. The fraction of sp³-hybridized carbons (Fsp3) is 0.353. The molecule has 8 heteroatoms. The number of hydrogen-bond donors (Lipinski definition) is 0. The second-order valence-electron chi connectivity index (χ2n) is 6.23. The van der Waals surface area contributed by atoms with E-state index in [-0.39, 0.29) is 17.6 Å². The number of hydrogen-bond acceptors (Lipinski definition) is 5. The summed E-state index contributed by atoms with van der Waals surface area (Å²) in [7, 11) is 1.72. The van der Waals surface area contributed by atoms with Crippen molar-refractivity contribution in [2.75, 3.05) is 13.1 Å². The summed E-state index contributed by atoms with van der Waals surface area (Å²) in [5.74, 6) is -0.0324. The predicted octanol–water partition coefficient (Wildman–Crippen LogP) is 1.00. The second kappa shape index (κ2) is 6.12. The van der Waals surface area contributed by atoms with Crippen molar-refractivity contribution in [3.05, 3.63) is 53.1 Å². The molecule has 1 amide bonds. The molecule has 4 heterocycles. The molecule has 0 aromatic carbocycles. The number of imidazole rings is 1. The minimum atomic E-state index is -0.126. The van der Waals surface area contributed by atoms with Crippen LogP contribution in [0.1, 0.15) is 29.2 Å². The second-order valence-corrected chi connectivity index (χ2v) is 6.23. The van der Waals surface area contributed by atoms with Crippen molar-refractivity contribution in [2.24, 2.45) is 7.05 Å². The maximum Gasteiger partial charge on any atom is 0.330 e. The van der Waals surface area contributed by atoms with Gasteiger partial charge >= 0.3 is 5.69 Å². The minimum Gasteiger partial charge on any atom is -0.337 e. The Bertz CT molecular complexity index is 978. The van der Waals surface area contributed by atoms with Crippen molar-refractivity contribution in [3.63, 3.8) is 0 Å². The predicted molar refractivity (Wildman–Crippen MR) is 91.2 cm³/mol. The van der Waals surface area contributed by atoms with Crippen molar-refractivity contribution in [2.45, 2.75) is 18.9 Å². The van der Waals surface area contributed by atoms with Crippen LogP contribution in [0.15, 0.2) is 41.8 Å². The maximum absolute atomic E-state index is 12.7. The number of aromatic nitrogens is 5. The molecule has 1 aliphatic heterocycles. The van der Waals surface area contributed by atoms with E-state index in [1.165, 1.54) is 6.33 Å².